The predicted octanol–water partition coefficient (Wildman–Crippen LogP) is 4.73. The Morgan fingerprint density at radius 2 is 1.89 bits per heavy atom. The number of hydrogen-bond donors (Lipinski definition) is 1. The molecule has 0 bridgehead atoms. The fourth-order valence-electron chi connectivity index (χ4n) is 8.19. The molecule has 5 rings (SSSR count). The average Bonchev–Trinajstić information content (AvgIpc) is 3.16. The molecule has 4 fully saturated rings. The summed E-state index contributed by atoms with van der Waals surface area (Å²) < 4.78 is 6.09. The lowest BCUT2D eigenvalue weighted by atomic mass is 9.46. The van der Waals surface area contributed by atoms with E-state index in [-0.39, 0.29) is 28.5 Å². The second-order valence-corrected chi connectivity index (χ2v) is 11.5. The van der Waals surface area contributed by atoms with E-state index < -0.39 is 0 Å². The van der Waals surface area contributed by atoms with Crippen LogP contribution in [0.5, 0.6) is 0 Å². The first-order valence-corrected chi connectivity index (χ1v) is 12.3. The minimum absolute atomic E-state index is 0.0301. The van der Waals surface area contributed by atoms with Crippen molar-refractivity contribution in [3.05, 3.63) is 11.6 Å². The molecule has 1 saturated heterocycles. The quantitative estimate of drug-likeness (QED) is 0.519. The molecule has 4 aliphatic carbocycles. The van der Waals surface area contributed by atoms with Crippen LogP contribution in [0.1, 0.15) is 71.6 Å². The molecule has 1 aliphatic heterocycles. The Labute approximate surface area is 167 Å². The number of rotatable bonds is 1. The van der Waals surface area contributed by atoms with E-state index in [9.17, 15) is 9.90 Å². The van der Waals surface area contributed by atoms with Crippen LogP contribution in [0, 0.1) is 28.6 Å². The van der Waals surface area contributed by atoms with Crippen molar-refractivity contribution in [2.24, 2.45) is 28.6 Å². The van der Waals surface area contributed by atoms with Crippen molar-refractivity contribution < 1.29 is 14.6 Å². The van der Waals surface area contributed by atoms with Crippen molar-refractivity contribution in [2.45, 2.75) is 88.6 Å². The third kappa shape index (κ3) is 2.35. The van der Waals surface area contributed by atoms with Gasteiger partial charge in [0.2, 0.25) is 0 Å². The van der Waals surface area contributed by atoms with Gasteiger partial charge >= 0.3 is 5.97 Å². The monoisotopic (exact) mass is 390 g/mol. The van der Waals surface area contributed by atoms with Gasteiger partial charge in [-0.15, -0.1) is 0 Å². The summed E-state index contributed by atoms with van der Waals surface area (Å²) in [6.45, 7) is 4.94. The van der Waals surface area contributed by atoms with Crippen LogP contribution in [0.15, 0.2) is 11.6 Å². The summed E-state index contributed by atoms with van der Waals surface area (Å²) >= 11 is 2.04. The van der Waals surface area contributed by atoms with Crippen LogP contribution >= 0.6 is 11.8 Å². The average molecular weight is 391 g/mol. The Hall–Kier alpha value is -0.480. The summed E-state index contributed by atoms with van der Waals surface area (Å²) in [5.74, 6) is 2.13. The van der Waals surface area contributed by atoms with Gasteiger partial charge in [0.05, 0.1) is 6.10 Å². The van der Waals surface area contributed by atoms with Crippen molar-refractivity contribution in [1.29, 1.82) is 0 Å². The van der Waals surface area contributed by atoms with Crippen molar-refractivity contribution in [3.8, 4) is 0 Å². The summed E-state index contributed by atoms with van der Waals surface area (Å²) in [5.41, 5.74) is 1.77. The summed E-state index contributed by atoms with van der Waals surface area (Å²) in [4.78, 5) is 12.0. The molecule has 8 atom stereocenters. The highest BCUT2D eigenvalue weighted by Gasteiger charge is 2.68. The maximum absolute atomic E-state index is 12.0. The minimum Gasteiger partial charge on any atom is -0.458 e. The minimum atomic E-state index is -0.242. The number of carbonyl (C=O) groups excluding carboxylic acids is 1. The van der Waals surface area contributed by atoms with Gasteiger partial charge in [0.15, 0.2) is 0 Å². The highest BCUT2D eigenvalue weighted by Crippen LogP contribution is 2.70. The van der Waals surface area contributed by atoms with E-state index >= 15 is 0 Å². The van der Waals surface area contributed by atoms with Gasteiger partial charge < -0.3 is 9.84 Å². The highest BCUT2D eigenvalue weighted by molar-refractivity contribution is 7.99. The van der Waals surface area contributed by atoms with E-state index in [0.29, 0.717) is 23.5 Å². The number of fused-ring (bicyclic) bond motifs is 6. The van der Waals surface area contributed by atoms with Crippen LogP contribution in [0.25, 0.3) is 0 Å². The fraction of sp³-hybridized carbons (Fsp3) is 0.870. The van der Waals surface area contributed by atoms with Gasteiger partial charge in [0, 0.05) is 17.1 Å². The zero-order valence-electron chi connectivity index (χ0n) is 17.0. The summed E-state index contributed by atoms with van der Waals surface area (Å²) in [5, 5.41) is 10.9. The summed E-state index contributed by atoms with van der Waals surface area (Å²) in [6.07, 6.45) is 13.7. The summed E-state index contributed by atoms with van der Waals surface area (Å²) in [7, 11) is 0. The lowest BCUT2D eigenvalue weighted by molar-refractivity contribution is -0.167. The van der Waals surface area contributed by atoms with E-state index in [0.717, 1.165) is 38.0 Å². The maximum atomic E-state index is 12.0. The van der Waals surface area contributed by atoms with E-state index in [2.05, 4.69) is 26.2 Å². The zero-order chi connectivity index (χ0) is 19.0. The Balaban J connectivity index is 1.54. The smallest absolute Gasteiger partial charge is 0.306 e. The molecule has 5 aliphatic rings. The topological polar surface area (TPSA) is 46.5 Å². The largest absolute Gasteiger partial charge is 0.458 e. The number of allylic oxidation sites excluding steroid dienone is 1. The molecular weight excluding hydrogens is 356 g/mol. The van der Waals surface area contributed by atoms with Gasteiger partial charge in [-0.05, 0) is 80.8 Å². The molecule has 0 aromatic heterocycles. The summed E-state index contributed by atoms with van der Waals surface area (Å²) in [6, 6.07) is 0. The van der Waals surface area contributed by atoms with E-state index in [4.69, 9.17) is 4.74 Å². The van der Waals surface area contributed by atoms with Gasteiger partial charge in [0.1, 0.15) is 5.60 Å². The molecule has 0 amide bonds. The predicted molar refractivity (Wildman–Crippen MR) is 108 cm³/mol. The van der Waals surface area contributed by atoms with Crippen LogP contribution in [0.3, 0.4) is 0 Å². The molecule has 1 spiro atoms. The number of esters is 1. The lowest BCUT2D eigenvalue weighted by Crippen LogP contribution is -2.57. The Bertz CT molecular complexity index is 689. The van der Waals surface area contributed by atoms with Gasteiger partial charge in [0.25, 0.3) is 0 Å². The van der Waals surface area contributed by atoms with Crippen LogP contribution in [0.4, 0.5) is 0 Å². The first-order chi connectivity index (χ1) is 12.8. The van der Waals surface area contributed by atoms with Crippen LogP contribution in [-0.2, 0) is 9.53 Å². The van der Waals surface area contributed by atoms with E-state index in [1.54, 1.807) is 0 Å². The molecule has 0 aromatic carbocycles. The molecule has 1 heterocycles. The first kappa shape index (κ1) is 18.5. The highest BCUT2D eigenvalue weighted by atomic mass is 32.2. The third-order valence-electron chi connectivity index (χ3n) is 9.72. The second-order valence-electron chi connectivity index (χ2n) is 10.4. The number of aliphatic hydroxyl groups is 1. The molecule has 27 heavy (non-hydrogen) atoms. The standard InChI is InChI=1S/C23H34O3S/c1-21-8-4-15(24)12-14(21)13-18(27-3)20-16(21)5-9-22(2)17(20)6-10-23(22)11-7-19(25)26-23/h12,15-18,20,24H,4-11,13H2,1-3H3/t15-,16-,17-,18+,20+,21-,22-,23+/m0/s1. The number of aliphatic hydroxyl groups excluding tert-OH is 1. The normalized spacial score (nSPS) is 54.1. The first-order valence-electron chi connectivity index (χ1n) is 11.0. The van der Waals surface area contributed by atoms with Crippen LogP contribution in [-0.4, -0.2) is 34.3 Å². The molecule has 150 valence electrons. The number of carbonyl (C=O) groups is 1. The zero-order valence-corrected chi connectivity index (χ0v) is 17.8. The lowest BCUT2D eigenvalue weighted by Gasteiger charge is -2.61. The Morgan fingerprint density at radius 1 is 1.11 bits per heavy atom. The molecule has 3 saturated carbocycles. The molecule has 1 N–H and O–H groups in total. The number of thioether (sulfide) groups is 1. The van der Waals surface area contributed by atoms with Gasteiger partial charge in [-0.2, -0.15) is 11.8 Å². The molecule has 3 nitrogen and oxygen atoms in total. The molecule has 0 aromatic rings. The van der Waals surface area contributed by atoms with Crippen LogP contribution < -0.4 is 0 Å². The van der Waals surface area contributed by atoms with E-state index in [1.165, 1.54) is 24.8 Å². The molecular formula is C23H34O3S. The van der Waals surface area contributed by atoms with Crippen molar-refractivity contribution in [2.75, 3.05) is 6.26 Å². The van der Waals surface area contributed by atoms with Gasteiger partial charge in [-0.3, -0.25) is 4.79 Å². The van der Waals surface area contributed by atoms with Crippen molar-refractivity contribution in [1.82, 2.24) is 0 Å². The van der Waals surface area contributed by atoms with Crippen LogP contribution in [0.2, 0.25) is 0 Å². The van der Waals surface area contributed by atoms with Crippen molar-refractivity contribution in [3.63, 3.8) is 0 Å². The Morgan fingerprint density at radius 3 is 2.59 bits per heavy atom. The Kier molecular flexibility index (Phi) is 4.13. The molecule has 4 heteroatoms. The fourth-order valence-corrected chi connectivity index (χ4v) is 9.23. The second kappa shape index (κ2) is 6.01. The van der Waals surface area contributed by atoms with E-state index in [1.807, 2.05) is 11.8 Å². The van der Waals surface area contributed by atoms with Gasteiger partial charge in [-0.1, -0.05) is 25.5 Å². The van der Waals surface area contributed by atoms with Crippen molar-refractivity contribution >= 4 is 17.7 Å². The SMILES string of the molecule is CS[C@@H]1CC2=C[C@@H](O)CC[C@]2(C)[C@H]2CC[C@@]3(C)[C@@H](CC[C@@]34CCC(=O)O4)[C@H]12. The maximum Gasteiger partial charge on any atom is 0.306 e. The third-order valence-corrected chi connectivity index (χ3v) is 10.8. The van der Waals surface area contributed by atoms with Gasteiger partial charge in [-0.25, -0.2) is 0 Å². The molecule has 0 unspecified atom stereocenters. The number of hydrogen-bond acceptors (Lipinski definition) is 4. The molecule has 0 radical (unpaired) electrons. The number of ether oxygens (including phenoxy) is 1.